The maximum atomic E-state index is 13.2. The molecule has 2 heterocycles. The largest absolute Gasteiger partial charge is 0.496 e. The van der Waals surface area contributed by atoms with Gasteiger partial charge < -0.3 is 9.47 Å². The first-order valence-electron chi connectivity index (χ1n) is 9.43. The first-order chi connectivity index (χ1) is 15.4. The van der Waals surface area contributed by atoms with Gasteiger partial charge in [0.25, 0.3) is 10.0 Å². The standard InChI is InChI=1S/C22H19ClN4O4S/c1-30-20-13-21(31-2)22(32(28,29)26-15-6-5-10-24-14-15)12-16(20)18-9-11-25-27(18)19-8-4-3-7-17(19)23/h3-14,26H,1-2H3. The highest BCUT2D eigenvalue weighted by Crippen LogP contribution is 2.39. The van der Waals surface area contributed by atoms with E-state index >= 15 is 0 Å². The van der Waals surface area contributed by atoms with Gasteiger partial charge >= 0.3 is 0 Å². The first-order valence-corrected chi connectivity index (χ1v) is 11.3. The predicted molar refractivity (Wildman–Crippen MR) is 122 cm³/mol. The molecule has 0 bridgehead atoms. The maximum Gasteiger partial charge on any atom is 0.265 e. The smallest absolute Gasteiger partial charge is 0.265 e. The highest BCUT2D eigenvalue weighted by atomic mass is 35.5. The Morgan fingerprint density at radius 1 is 0.969 bits per heavy atom. The molecule has 2 aromatic heterocycles. The summed E-state index contributed by atoms with van der Waals surface area (Å²) < 4.78 is 41.5. The molecule has 0 fully saturated rings. The van der Waals surface area contributed by atoms with Gasteiger partial charge in [0, 0.05) is 17.8 Å². The molecule has 0 spiro atoms. The van der Waals surface area contributed by atoms with E-state index in [1.807, 2.05) is 18.2 Å². The molecule has 10 heteroatoms. The minimum Gasteiger partial charge on any atom is -0.496 e. The third-order valence-electron chi connectivity index (χ3n) is 4.69. The molecule has 4 rings (SSSR count). The fourth-order valence-corrected chi connectivity index (χ4v) is 4.67. The van der Waals surface area contributed by atoms with Crippen molar-refractivity contribution in [1.29, 1.82) is 0 Å². The van der Waals surface area contributed by atoms with Crippen molar-refractivity contribution in [1.82, 2.24) is 14.8 Å². The van der Waals surface area contributed by atoms with Gasteiger partial charge in [0.05, 0.1) is 48.7 Å². The Balaban J connectivity index is 1.89. The van der Waals surface area contributed by atoms with Crippen LogP contribution in [-0.4, -0.2) is 37.4 Å². The summed E-state index contributed by atoms with van der Waals surface area (Å²) in [4.78, 5) is 3.88. The van der Waals surface area contributed by atoms with Crippen LogP contribution in [0, 0.1) is 0 Å². The number of ether oxygens (including phenoxy) is 2. The lowest BCUT2D eigenvalue weighted by molar-refractivity contribution is 0.387. The van der Waals surface area contributed by atoms with Crippen LogP contribution in [0.4, 0.5) is 5.69 Å². The van der Waals surface area contributed by atoms with Crippen molar-refractivity contribution in [3.8, 4) is 28.4 Å². The van der Waals surface area contributed by atoms with E-state index in [9.17, 15) is 8.42 Å². The van der Waals surface area contributed by atoms with Gasteiger partial charge in [-0.25, -0.2) is 13.1 Å². The minimum atomic E-state index is -4.01. The molecule has 0 saturated heterocycles. The zero-order valence-corrected chi connectivity index (χ0v) is 18.8. The van der Waals surface area contributed by atoms with Crippen LogP contribution in [0.15, 0.2) is 78.1 Å². The third kappa shape index (κ3) is 4.12. The molecule has 0 aliphatic heterocycles. The molecule has 32 heavy (non-hydrogen) atoms. The molecule has 0 radical (unpaired) electrons. The Morgan fingerprint density at radius 2 is 1.75 bits per heavy atom. The number of hydrogen-bond acceptors (Lipinski definition) is 6. The monoisotopic (exact) mass is 470 g/mol. The van der Waals surface area contributed by atoms with E-state index in [1.165, 1.54) is 32.5 Å². The summed E-state index contributed by atoms with van der Waals surface area (Å²) >= 11 is 6.37. The van der Waals surface area contributed by atoms with E-state index in [0.717, 1.165) is 0 Å². The molecule has 4 aromatic rings. The van der Waals surface area contributed by atoms with Crippen LogP contribution in [0.3, 0.4) is 0 Å². The van der Waals surface area contributed by atoms with Gasteiger partial charge in [0.15, 0.2) is 0 Å². The second kappa shape index (κ2) is 8.89. The van der Waals surface area contributed by atoms with Crippen LogP contribution >= 0.6 is 11.6 Å². The maximum absolute atomic E-state index is 13.2. The lowest BCUT2D eigenvalue weighted by atomic mass is 10.1. The lowest BCUT2D eigenvalue weighted by Crippen LogP contribution is -2.15. The molecular formula is C22H19ClN4O4S. The van der Waals surface area contributed by atoms with Crippen molar-refractivity contribution in [2.24, 2.45) is 0 Å². The number of pyridine rings is 1. The number of para-hydroxylation sites is 1. The average molecular weight is 471 g/mol. The Morgan fingerprint density at radius 3 is 2.44 bits per heavy atom. The van der Waals surface area contributed by atoms with Gasteiger partial charge in [0.2, 0.25) is 0 Å². The fraction of sp³-hybridized carbons (Fsp3) is 0.0909. The van der Waals surface area contributed by atoms with Crippen molar-refractivity contribution in [2.75, 3.05) is 18.9 Å². The van der Waals surface area contributed by atoms with E-state index < -0.39 is 10.0 Å². The summed E-state index contributed by atoms with van der Waals surface area (Å²) in [5.41, 5.74) is 2.06. The summed E-state index contributed by atoms with van der Waals surface area (Å²) in [7, 11) is -1.12. The van der Waals surface area contributed by atoms with Crippen molar-refractivity contribution >= 4 is 27.3 Å². The van der Waals surface area contributed by atoms with Crippen LogP contribution in [0.1, 0.15) is 0 Å². The molecule has 0 aliphatic rings. The number of nitrogens with zero attached hydrogens (tertiary/aromatic N) is 3. The summed E-state index contributed by atoms with van der Waals surface area (Å²) in [5.74, 6) is 0.543. The minimum absolute atomic E-state index is 0.0634. The number of hydrogen-bond donors (Lipinski definition) is 1. The Kier molecular flexibility index (Phi) is 6.02. The second-order valence-corrected chi connectivity index (χ2v) is 8.69. The molecule has 0 amide bonds. The normalized spacial score (nSPS) is 11.2. The number of benzene rings is 2. The molecule has 0 unspecified atom stereocenters. The van der Waals surface area contributed by atoms with Gasteiger partial charge in [-0.05, 0) is 36.4 Å². The Labute approximate surface area is 190 Å². The lowest BCUT2D eigenvalue weighted by Gasteiger charge is -2.17. The molecular weight excluding hydrogens is 452 g/mol. The summed E-state index contributed by atoms with van der Waals surface area (Å²) in [6.45, 7) is 0. The molecule has 0 aliphatic carbocycles. The van der Waals surface area contributed by atoms with Gasteiger partial charge in [0.1, 0.15) is 16.4 Å². The number of nitrogens with one attached hydrogen (secondary N) is 1. The zero-order valence-electron chi connectivity index (χ0n) is 17.2. The number of methoxy groups -OCH3 is 2. The second-order valence-electron chi connectivity index (χ2n) is 6.63. The quantitative estimate of drug-likeness (QED) is 0.430. The van der Waals surface area contributed by atoms with Gasteiger partial charge in [-0.1, -0.05) is 23.7 Å². The molecule has 2 aromatic carbocycles. The van der Waals surface area contributed by atoms with E-state index in [4.69, 9.17) is 21.1 Å². The highest BCUT2D eigenvalue weighted by Gasteiger charge is 2.25. The number of halogens is 1. The number of rotatable bonds is 7. The zero-order chi connectivity index (χ0) is 22.7. The summed E-state index contributed by atoms with van der Waals surface area (Å²) in [5, 5.41) is 4.87. The molecule has 0 atom stereocenters. The molecule has 1 N–H and O–H groups in total. The Bertz CT molecular complexity index is 1360. The highest BCUT2D eigenvalue weighted by molar-refractivity contribution is 7.92. The SMILES string of the molecule is COc1cc(OC)c(S(=O)(=O)Nc2cccnc2)cc1-c1ccnn1-c1ccccc1Cl. The number of aromatic nitrogens is 3. The number of sulfonamides is 1. The predicted octanol–water partition coefficient (Wildman–Crippen LogP) is 4.41. The topological polar surface area (TPSA) is 95.3 Å². The van der Waals surface area contributed by atoms with Crippen LogP contribution in [0.2, 0.25) is 5.02 Å². The Hall–Kier alpha value is -3.56. The van der Waals surface area contributed by atoms with Crippen LogP contribution in [0.5, 0.6) is 11.5 Å². The van der Waals surface area contributed by atoms with Crippen LogP contribution in [0.25, 0.3) is 16.9 Å². The first kappa shape index (κ1) is 21.7. The average Bonchev–Trinajstić information content (AvgIpc) is 3.28. The van der Waals surface area contributed by atoms with Crippen LogP contribution in [-0.2, 0) is 10.0 Å². The van der Waals surface area contributed by atoms with Gasteiger partial charge in [-0.3, -0.25) is 9.71 Å². The van der Waals surface area contributed by atoms with Crippen molar-refractivity contribution in [2.45, 2.75) is 4.90 Å². The summed E-state index contributed by atoms with van der Waals surface area (Å²) in [6.07, 6.45) is 4.57. The van der Waals surface area contributed by atoms with Crippen molar-refractivity contribution < 1.29 is 17.9 Å². The third-order valence-corrected chi connectivity index (χ3v) is 6.41. The summed E-state index contributed by atoms with van der Waals surface area (Å²) in [6, 6.07) is 15.2. The van der Waals surface area contributed by atoms with Crippen molar-refractivity contribution in [3.63, 3.8) is 0 Å². The van der Waals surface area contributed by atoms with E-state index in [-0.39, 0.29) is 10.6 Å². The van der Waals surface area contributed by atoms with Gasteiger partial charge in [-0.2, -0.15) is 5.10 Å². The van der Waals surface area contributed by atoms with E-state index in [1.54, 1.807) is 41.3 Å². The fourth-order valence-electron chi connectivity index (χ4n) is 3.24. The van der Waals surface area contributed by atoms with Gasteiger partial charge in [-0.15, -0.1) is 0 Å². The van der Waals surface area contributed by atoms with Crippen molar-refractivity contribution in [3.05, 3.63) is 78.2 Å². The van der Waals surface area contributed by atoms with E-state index in [0.29, 0.717) is 33.4 Å². The molecule has 0 saturated carbocycles. The molecule has 164 valence electrons. The molecule has 8 nitrogen and oxygen atoms in total. The number of anilines is 1. The van der Waals surface area contributed by atoms with Crippen LogP contribution < -0.4 is 14.2 Å². The van der Waals surface area contributed by atoms with E-state index in [2.05, 4.69) is 14.8 Å².